The Morgan fingerprint density at radius 2 is 1.90 bits per heavy atom. The molecule has 0 radical (unpaired) electrons. The second-order valence-electron chi connectivity index (χ2n) is 4.32. The van der Waals surface area contributed by atoms with Crippen LogP contribution in [0.4, 0.5) is 20.2 Å². The molecule has 0 fully saturated rings. The van der Waals surface area contributed by atoms with Crippen LogP contribution in [0.5, 0.6) is 0 Å². The molecule has 0 saturated heterocycles. The third kappa shape index (κ3) is 2.77. The number of halogens is 2. The van der Waals surface area contributed by atoms with Crippen LogP contribution in [0.2, 0.25) is 0 Å². The number of amides is 1. The van der Waals surface area contributed by atoms with Gasteiger partial charge in [0.15, 0.2) is 0 Å². The van der Waals surface area contributed by atoms with Crippen molar-refractivity contribution in [1.29, 1.82) is 0 Å². The molecule has 20 heavy (non-hydrogen) atoms. The number of carbonyl (C=O) groups excluding carboxylic acids is 1. The topological polar surface area (TPSA) is 55.1 Å². The van der Waals surface area contributed by atoms with Gasteiger partial charge in [0, 0.05) is 11.8 Å². The van der Waals surface area contributed by atoms with Crippen molar-refractivity contribution in [2.45, 2.75) is 13.3 Å². The van der Waals surface area contributed by atoms with E-state index in [0.717, 1.165) is 18.1 Å². The number of carbonyl (C=O) groups is 1. The molecule has 0 bridgehead atoms. The summed E-state index contributed by atoms with van der Waals surface area (Å²) in [6.07, 6.45) is 0.727. The molecule has 2 aromatic rings. The maximum atomic E-state index is 13.6. The van der Waals surface area contributed by atoms with Crippen molar-refractivity contribution in [2.75, 3.05) is 11.1 Å². The minimum Gasteiger partial charge on any atom is -0.396 e. The van der Waals surface area contributed by atoms with E-state index in [1.54, 1.807) is 12.1 Å². The van der Waals surface area contributed by atoms with E-state index < -0.39 is 17.5 Å². The summed E-state index contributed by atoms with van der Waals surface area (Å²) in [5.74, 6) is -2.48. The fourth-order valence-electron chi connectivity index (χ4n) is 1.88. The van der Waals surface area contributed by atoms with Gasteiger partial charge >= 0.3 is 0 Å². The Kier molecular flexibility index (Phi) is 3.98. The Hall–Kier alpha value is -2.43. The van der Waals surface area contributed by atoms with E-state index in [1.807, 2.05) is 19.1 Å². The Bertz CT molecular complexity index is 656. The van der Waals surface area contributed by atoms with Gasteiger partial charge in [-0.05, 0) is 24.1 Å². The lowest BCUT2D eigenvalue weighted by atomic mass is 10.1. The maximum absolute atomic E-state index is 13.6. The second-order valence-corrected chi connectivity index (χ2v) is 4.32. The van der Waals surface area contributed by atoms with Gasteiger partial charge in [0.25, 0.3) is 5.91 Å². The van der Waals surface area contributed by atoms with Gasteiger partial charge in [0.2, 0.25) is 0 Å². The summed E-state index contributed by atoms with van der Waals surface area (Å²) < 4.78 is 26.7. The highest BCUT2D eigenvalue weighted by molar-refractivity contribution is 6.05. The molecule has 0 aliphatic carbocycles. The summed E-state index contributed by atoms with van der Waals surface area (Å²) in [7, 11) is 0. The standard InChI is InChI=1S/C15H14F2N2O/c1-2-9-5-3-4-6-14(9)19-15(20)10-7-13(18)12(17)8-11(10)16/h3-8H,2,18H2,1H3,(H,19,20). The lowest BCUT2D eigenvalue weighted by Gasteiger charge is -2.10. The number of para-hydroxylation sites is 1. The monoisotopic (exact) mass is 276 g/mol. The number of rotatable bonds is 3. The molecule has 2 rings (SSSR count). The molecule has 0 aliphatic heterocycles. The third-order valence-electron chi connectivity index (χ3n) is 2.98. The number of nitrogens with one attached hydrogen (secondary N) is 1. The van der Waals surface area contributed by atoms with Crippen LogP contribution in [-0.2, 0) is 6.42 Å². The Labute approximate surface area is 115 Å². The molecule has 5 heteroatoms. The molecule has 0 atom stereocenters. The Morgan fingerprint density at radius 1 is 1.20 bits per heavy atom. The number of benzene rings is 2. The van der Waals surface area contributed by atoms with Crippen molar-refractivity contribution in [3.8, 4) is 0 Å². The van der Waals surface area contributed by atoms with Gasteiger partial charge in [0.05, 0.1) is 11.3 Å². The largest absolute Gasteiger partial charge is 0.396 e. The highest BCUT2D eigenvalue weighted by Gasteiger charge is 2.15. The van der Waals surface area contributed by atoms with Crippen LogP contribution in [0.15, 0.2) is 36.4 Å². The summed E-state index contributed by atoms with van der Waals surface area (Å²) >= 11 is 0. The van der Waals surface area contributed by atoms with Gasteiger partial charge in [-0.15, -0.1) is 0 Å². The number of aryl methyl sites for hydroxylation is 1. The molecule has 3 N–H and O–H groups in total. The predicted octanol–water partition coefficient (Wildman–Crippen LogP) is 3.36. The molecule has 0 unspecified atom stereocenters. The zero-order valence-corrected chi connectivity index (χ0v) is 10.9. The first-order chi connectivity index (χ1) is 9.52. The first-order valence-corrected chi connectivity index (χ1v) is 6.16. The summed E-state index contributed by atoms with van der Waals surface area (Å²) in [5, 5.41) is 2.61. The molecule has 0 saturated carbocycles. The van der Waals surface area contributed by atoms with Crippen molar-refractivity contribution in [3.05, 3.63) is 59.2 Å². The van der Waals surface area contributed by atoms with Crippen LogP contribution in [0.3, 0.4) is 0 Å². The van der Waals surface area contributed by atoms with Crippen molar-refractivity contribution >= 4 is 17.3 Å². The summed E-state index contributed by atoms with van der Waals surface area (Å²) in [5.41, 5.74) is 6.34. The summed E-state index contributed by atoms with van der Waals surface area (Å²) in [6.45, 7) is 1.95. The van der Waals surface area contributed by atoms with Gasteiger partial charge in [-0.1, -0.05) is 25.1 Å². The highest BCUT2D eigenvalue weighted by atomic mass is 19.1. The molecular formula is C15H14F2N2O. The number of nitrogens with two attached hydrogens (primary N) is 1. The molecule has 104 valence electrons. The first kappa shape index (κ1) is 14.0. The molecule has 1 amide bonds. The summed E-state index contributed by atoms with van der Waals surface area (Å²) in [4.78, 5) is 12.0. The smallest absolute Gasteiger partial charge is 0.258 e. The van der Waals surface area contributed by atoms with Crippen molar-refractivity contribution in [2.24, 2.45) is 0 Å². The van der Waals surface area contributed by atoms with Crippen LogP contribution >= 0.6 is 0 Å². The quantitative estimate of drug-likeness (QED) is 0.844. The number of anilines is 2. The van der Waals surface area contributed by atoms with E-state index in [1.165, 1.54) is 0 Å². The average molecular weight is 276 g/mol. The molecule has 2 aromatic carbocycles. The van der Waals surface area contributed by atoms with E-state index in [4.69, 9.17) is 5.73 Å². The third-order valence-corrected chi connectivity index (χ3v) is 2.98. The lowest BCUT2D eigenvalue weighted by Crippen LogP contribution is -2.15. The van der Waals surface area contributed by atoms with Crippen LogP contribution in [0, 0.1) is 11.6 Å². The lowest BCUT2D eigenvalue weighted by molar-refractivity contribution is 0.102. The van der Waals surface area contributed by atoms with Gasteiger partial charge in [-0.25, -0.2) is 8.78 Å². The summed E-state index contributed by atoms with van der Waals surface area (Å²) in [6, 6.07) is 8.81. The van der Waals surface area contributed by atoms with Gasteiger partial charge in [-0.3, -0.25) is 4.79 Å². The zero-order chi connectivity index (χ0) is 14.7. The van der Waals surface area contributed by atoms with E-state index in [2.05, 4.69) is 5.32 Å². The fourth-order valence-corrected chi connectivity index (χ4v) is 1.88. The van der Waals surface area contributed by atoms with E-state index in [-0.39, 0.29) is 11.3 Å². The van der Waals surface area contributed by atoms with Gasteiger partial charge in [0.1, 0.15) is 11.6 Å². The highest BCUT2D eigenvalue weighted by Crippen LogP contribution is 2.20. The van der Waals surface area contributed by atoms with Crippen molar-refractivity contribution in [3.63, 3.8) is 0 Å². The molecule has 0 spiro atoms. The van der Waals surface area contributed by atoms with Crippen LogP contribution in [-0.4, -0.2) is 5.91 Å². The molecule has 0 heterocycles. The van der Waals surface area contributed by atoms with Crippen LogP contribution < -0.4 is 11.1 Å². The Morgan fingerprint density at radius 3 is 2.60 bits per heavy atom. The van der Waals surface area contributed by atoms with E-state index in [9.17, 15) is 13.6 Å². The number of nitrogen functional groups attached to an aromatic ring is 1. The fraction of sp³-hybridized carbons (Fsp3) is 0.133. The Balaban J connectivity index is 2.31. The second kappa shape index (κ2) is 5.69. The first-order valence-electron chi connectivity index (χ1n) is 6.16. The van der Waals surface area contributed by atoms with Gasteiger partial charge < -0.3 is 11.1 Å². The van der Waals surface area contributed by atoms with Gasteiger partial charge in [-0.2, -0.15) is 0 Å². The average Bonchev–Trinajstić information content (AvgIpc) is 2.43. The van der Waals surface area contributed by atoms with E-state index >= 15 is 0 Å². The molecule has 0 aromatic heterocycles. The van der Waals surface area contributed by atoms with Crippen molar-refractivity contribution < 1.29 is 13.6 Å². The molecule has 0 aliphatic rings. The van der Waals surface area contributed by atoms with Crippen LogP contribution in [0.25, 0.3) is 0 Å². The predicted molar refractivity (Wildman–Crippen MR) is 74.5 cm³/mol. The maximum Gasteiger partial charge on any atom is 0.258 e. The minimum atomic E-state index is -0.942. The minimum absolute atomic E-state index is 0.264. The number of hydrogen-bond donors (Lipinski definition) is 2. The molecular weight excluding hydrogens is 262 g/mol. The number of hydrogen-bond acceptors (Lipinski definition) is 2. The zero-order valence-electron chi connectivity index (χ0n) is 10.9. The SMILES string of the molecule is CCc1ccccc1NC(=O)c1cc(N)c(F)cc1F. The van der Waals surface area contributed by atoms with Crippen LogP contribution in [0.1, 0.15) is 22.8 Å². The molecule has 3 nitrogen and oxygen atoms in total. The van der Waals surface area contributed by atoms with E-state index in [0.29, 0.717) is 11.8 Å². The normalized spacial score (nSPS) is 10.3. The van der Waals surface area contributed by atoms with Crippen molar-refractivity contribution in [1.82, 2.24) is 0 Å².